The van der Waals surface area contributed by atoms with Gasteiger partial charge in [-0.2, -0.15) is 4.31 Å². The van der Waals surface area contributed by atoms with E-state index in [1.165, 1.54) is 12.1 Å². The molecule has 0 unspecified atom stereocenters. The van der Waals surface area contributed by atoms with Crippen molar-refractivity contribution in [3.63, 3.8) is 0 Å². The number of benzene rings is 1. The number of sulfonamides is 1. The number of carbonyl (C=O) groups excluding carboxylic acids is 1. The summed E-state index contributed by atoms with van der Waals surface area (Å²) in [7, 11) is -3.71. The number of hydrogen-bond acceptors (Lipinski definition) is 3. The van der Waals surface area contributed by atoms with Crippen molar-refractivity contribution >= 4 is 37.7 Å². The van der Waals surface area contributed by atoms with Gasteiger partial charge < -0.3 is 5.73 Å². The Morgan fingerprint density at radius 2 is 1.89 bits per heavy atom. The van der Waals surface area contributed by atoms with Gasteiger partial charge in [0, 0.05) is 4.47 Å². The number of anilines is 1. The zero-order valence-corrected chi connectivity index (χ0v) is 12.4. The number of carbonyl (C=O) groups is 1. The Kier molecular flexibility index (Phi) is 5.15. The number of rotatable bonds is 5. The number of primary amides is 1. The van der Waals surface area contributed by atoms with Crippen LogP contribution in [-0.2, 0) is 10.0 Å². The van der Waals surface area contributed by atoms with E-state index in [0.717, 1.165) is 10.9 Å². The van der Waals surface area contributed by atoms with Crippen LogP contribution in [0.15, 0.2) is 28.7 Å². The van der Waals surface area contributed by atoms with E-state index in [-0.39, 0.29) is 11.4 Å². The Morgan fingerprint density at radius 3 is 2.33 bits per heavy atom. The second kappa shape index (κ2) is 6.19. The molecule has 18 heavy (non-hydrogen) atoms. The van der Waals surface area contributed by atoms with Crippen LogP contribution in [0.3, 0.4) is 0 Å². The predicted octanol–water partition coefficient (Wildman–Crippen LogP) is 2.46. The van der Waals surface area contributed by atoms with E-state index in [1.54, 1.807) is 12.1 Å². The average molecular weight is 335 g/mol. The molecule has 0 aliphatic heterocycles. The zero-order valence-electron chi connectivity index (χ0n) is 9.97. The van der Waals surface area contributed by atoms with E-state index in [4.69, 9.17) is 5.73 Å². The number of halogens is 1. The van der Waals surface area contributed by atoms with E-state index in [2.05, 4.69) is 15.9 Å². The van der Waals surface area contributed by atoms with Crippen molar-refractivity contribution < 1.29 is 13.2 Å². The van der Waals surface area contributed by atoms with Gasteiger partial charge in [0.05, 0.1) is 11.4 Å². The fourth-order valence-corrected chi connectivity index (χ4v) is 3.24. The van der Waals surface area contributed by atoms with E-state index < -0.39 is 16.1 Å². The smallest absolute Gasteiger partial charge is 0.333 e. The Morgan fingerprint density at radius 1 is 1.33 bits per heavy atom. The first-order valence-corrected chi connectivity index (χ1v) is 7.86. The van der Waals surface area contributed by atoms with E-state index in [1.807, 2.05) is 6.92 Å². The normalized spacial score (nSPS) is 11.2. The second-order valence-electron chi connectivity index (χ2n) is 3.75. The molecule has 0 aliphatic carbocycles. The lowest BCUT2D eigenvalue weighted by atomic mass is 10.3. The van der Waals surface area contributed by atoms with Crippen LogP contribution >= 0.6 is 15.9 Å². The predicted molar refractivity (Wildman–Crippen MR) is 74.9 cm³/mol. The molecule has 0 aromatic heterocycles. The van der Waals surface area contributed by atoms with Gasteiger partial charge in [0.1, 0.15) is 0 Å². The summed E-state index contributed by atoms with van der Waals surface area (Å²) in [6, 6.07) is 5.37. The molecule has 0 spiro atoms. The molecule has 5 nitrogen and oxygen atoms in total. The summed E-state index contributed by atoms with van der Waals surface area (Å²) >= 11 is 3.24. The fourth-order valence-electron chi connectivity index (χ4n) is 1.42. The molecule has 0 saturated heterocycles. The van der Waals surface area contributed by atoms with Crippen LogP contribution in [0.5, 0.6) is 0 Å². The van der Waals surface area contributed by atoms with E-state index in [9.17, 15) is 13.2 Å². The van der Waals surface area contributed by atoms with Crippen LogP contribution in [0.2, 0.25) is 0 Å². The molecule has 0 heterocycles. The van der Waals surface area contributed by atoms with Gasteiger partial charge in [-0.1, -0.05) is 29.3 Å². The number of nitrogens with two attached hydrogens (primary N) is 1. The molecule has 0 aliphatic rings. The van der Waals surface area contributed by atoms with Crippen LogP contribution in [0.1, 0.15) is 19.8 Å². The standard InChI is InChI=1S/C11H15BrN2O3S/c1-2-3-8-18(16,17)14(11(13)15)10-6-4-9(12)5-7-10/h4-7H,2-3,8H2,1H3,(H2,13,15). The van der Waals surface area contributed by atoms with Gasteiger partial charge in [0.25, 0.3) is 0 Å². The van der Waals surface area contributed by atoms with Gasteiger partial charge in [-0.05, 0) is 30.7 Å². The maximum absolute atomic E-state index is 12.0. The number of nitrogens with zero attached hydrogens (tertiary/aromatic N) is 1. The van der Waals surface area contributed by atoms with Crippen LogP contribution in [0.4, 0.5) is 10.5 Å². The van der Waals surface area contributed by atoms with E-state index in [0.29, 0.717) is 10.7 Å². The summed E-state index contributed by atoms with van der Waals surface area (Å²) in [4.78, 5) is 11.4. The second-order valence-corrected chi connectivity index (χ2v) is 6.60. The number of hydrogen-bond donors (Lipinski definition) is 1. The third-order valence-corrected chi connectivity index (χ3v) is 4.58. The van der Waals surface area contributed by atoms with Crippen LogP contribution in [0, 0.1) is 0 Å². The van der Waals surface area contributed by atoms with Gasteiger partial charge in [-0.3, -0.25) is 0 Å². The lowest BCUT2D eigenvalue weighted by Gasteiger charge is -2.20. The van der Waals surface area contributed by atoms with Crippen molar-refractivity contribution in [3.8, 4) is 0 Å². The molecule has 100 valence electrons. The SMILES string of the molecule is CCCCS(=O)(=O)N(C(N)=O)c1ccc(Br)cc1. The fraction of sp³-hybridized carbons (Fsp3) is 0.364. The maximum Gasteiger partial charge on any atom is 0.333 e. The van der Waals surface area contributed by atoms with Crippen LogP contribution in [-0.4, -0.2) is 20.2 Å². The molecular weight excluding hydrogens is 320 g/mol. The Bertz CT molecular complexity index is 514. The molecule has 7 heteroatoms. The first-order chi connectivity index (χ1) is 8.38. The molecular formula is C11H15BrN2O3S. The highest BCUT2D eigenvalue weighted by atomic mass is 79.9. The molecule has 1 rings (SSSR count). The van der Waals surface area contributed by atoms with Crippen molar-refractivity contribution in [1.29, 1.82) is 0 Å². The summed E-state index contributed by atoms with van der Waals surface area (Å²) in [5.41, 5.74) is 5.41. The van der Waals surface area contributed by atoms with Crippen molar-refractivity contribution in [2.75, 3.05) is 10.1 Å². The highest BCUT2D eigenvalue weighted by Gasteiger charge is 2.26. The largest absolute Gasteiger partial charge is 0.350 e. The highest BCUT2D eigenvalue weighted by Crippen LogP contribution is 2.21. The number of unbranched alkanes of at least 4 members (excludes halogenated alkanes) is 1. The Labute approximate surface area is 115 Å². The van der Waals surface area contributed by atoms with Crippen molar-refractivity contribution in [3.05, 3.63) is 28.7 Å². The summed E-state index contributed by atoms with van der Waals surface area (Å²) < 4.78 is 25.5. The minimum absolute atomic E-state index is 0.0947. The minimum atomic E-state index is -3.71. The molecule has 0 bridgehead atoms. The summed E-state index contributed by atoms with van der Waals surface area (Å²) in [5, 5.41) is 0. The third-order valence-electron chi connectivity index (χ3n) is 2.30. The first kappa shape index (κ1) is 15.0. The van der Waals surface area contributed by atoms with Crippen LogP contribution in [0.25, 0.3) is 0 Å². The number of amides is 2. The van der Waals surface area contributed by atoms with E-state index >= 15 is 0 Å². The molecule has 0 fully saturated rings. The van der Waals surface area contributed by atoms with Gasteiger partial charge in [0.2, 0.25) is 10.0 Å². The molecule has 2 amide bonds. The molecule has 0 saturated carbocycles. The monoisotopic (exact) mass is 334 g/mol. The first-order valence-electron chi connectivity index (χ1n) is 5.46. The average Bonchev–Trinajstić information content (AvgIpc) is 2.29. The molecule has 1 aromatic carbocycles. The topological polar surface area (TPSA) is 80.5 Å². The number of urea groups is 1. The maximum atomic E-state index is 12.0. The summed E-state index contributed by atoms with van der Waals surface area (Å²) in [6.45, 7) is 1.88. The van der Waals surface area contributed by atoms with Crippen molar-refractivity contribution in [2.24, 2.45) is 5.73 Å². The van der Waals surface area contributed by atoms with Crippen LogP contribution < -0.4 is 10.0 Å². The Hall–Kier alpha value is -1.08. The Balaban J connectivity index is 3.11. The molecule has 1 aromatic rings. The third kappa shape index (κ3) is 3.71. The highest BCUT2D eigenvalue weighted by molar-refractivity contribution is 9.10. The van der Waals surface area contributed by atoms with Gasteiger partial charge in [-0.25, -0.2) is 13.2 Å². The zero-order chi connectivity index (χ0) is 13.8. The molecule has 2 N–H and O–H groups in total. The van der Waals surface area contributed by atoms with Gasteiger partial charge >= 0.3 is 6.03 Å². The van der Waals surface area contributed by atoms with Crippen molar-refractivity contribution in [1.82, 2.24) is 0 Å². The quantitative estimate of drug-likeness (QED) is 0.897. The van der Waals surface area contributed by atoms with Gasteiger partial charge in [0.15, 0.2) is 0 Å². The lowest BCUT2D eigenvalue weighted by molar-refractivity contribution is 0.257. The summed E-state index contributed by atoms with van der Waals surface area (Å²) in [5.74, 6) is -0.0947. The molecule has 0 radical (unpaired) electrons. The molecule has 0 atom stereocenters. The van der Waals surface area contributed by atoms with Gasteiger partial charge in [-0.15, -0.1) is 0 Å². The summed E-state index contributed by atoms with van der Waals surface area (Å²) in [6.07, 6.45) is 1.22. The lowest BCUT2D eigenvalue weighted by Crippen LogP contribution is -2.42. The van der Waals surface area contributed by atoms with Crippen molar-refractivity contribution in [2.45, 2.75) is 19.8 Å². The minimum Gasteiger partial charge on any atom is -0.350 e.